The zero-order valence-electron chi connectivity index (χ0n) is 18.8. The van der Waals surface area contributed by atoms with Crippen LogP contribution < -0.4 is 9.64 Å². The van der Waals surface area contributed by atoms with E-state index in [9.17, 15) is 9.18 Å². The molecule has 2 heterocycles. The molecule has 8 heteroatoms. The van der Waals surface area contributed by atoms with Crippen molar-refractivity contribution in [2.75, 3.05) is 31.7 Å². The molecule has 1 fully saturated rings. The lowest BCUT2D eigenvalue weighted by Gasteiger charge is -2.33. The van der Waals surface area contributed by atoms with E-state index >= 15 is 0 Å². The third kappa shape index (κ3) is 6.18. The van der Waals surface area contributed by atoms with Crippen molar-refractivity contribution in [3.8, 4) is 5.75 Å². The highest BCUT2D eigenvalue weighted by atomic mass is 19.1. The number of ether oxygens (including phenoxy) is 2. The monoisotopic (exact) mass is 433 g/mol. The summed E-state index contributed by atoms with van der Waals surface area (Å²) in [4.78, 5) is 18.0. The van der Waals surface area contributed by atoms with Gasteiger partial charge in [-0.15, -0.1) is 0 Å². The lowest BCUT2D eigenvalue weighted by Crippen LogP contribution is -2.36. The van der Waals surface area contributed by atoms with Crippen molar-refractivity contribution in [1.29, 1.82) is 0 Å². The highest BCUT2D eigenvalue weighted by Gasteiger charge is 2.26. The Morgan fingerprint density at radius 2 is 2.03 bits per heavy atom. The molecule has 1 aromatic heterocycles. The summed E-state index contributed by atoms with van der Waals surface area (Å²) in [6.07, 6.45) is 2.95. The summed E-state index contributed by atoms with van der Waals surface area (Å²) >= 11 is 0. The number of carbonyl (C=O) groups is 1. The van der Waals surface area contributed by atoms with Crippen LogP contribution >= 0.6 is 0 Å². The van der Waals surface area contributed by atoms with Crippen LogP contribution in [-0.4, -0.2) is 42.9 Å². The summed E-state index contributed by atoms with van der Waals surface area (Å²) in [6, 6.07) is 5.22. The molecule has 0 aliphatic carbocycles. The molecule has 1 atom stereocenters. The number of nitrogens with zero attached hydrogens (tertiary/aromatic N) is 3. The number of rotatable bonds is 9. The number of benzene rings is 1. The lowest BCUT2D eigenvalue weighted by atomic mass is 9.84. The van der Waals surface area contributed by atoms with E-state index in [0.29, 0.717) is 35.8 Å². The number of methoxy groups -OCH3 is 1. The molecule has 0 bridgehead atoms. The fourth-order valence-corrected chi connectivity index (χ4v) is 3.84. The molecule has 0 saturated carbocycles. The Kier molecular flexibility index (Phi) is 7.87. The van der Waals surface area contributed by atoms with Gasteiger partial charge in [0.25, 0.3) is 0 Å². The van der Waals surface area contributed by atoms with Crippen molar-refractivity contribution in [3.63, 3.8) is 0 Å². The molecule has 1 aromatic carbocycles. The molecular formula is C23H32FN3O4. The minimum absolute atomic E-state index is 0.0826. The lowest BCUT2D eigenvalue weighted by molar-refractivity contribution is -0.139. The van der Waals surface area contributed by atoms with Crippen molar-refractivity contribution in [3.05, 3.63) is 35.4 Å². The van der Waals surface area contributed by atoms with Crippen LogP contribution in [0, 0.1) is 17.7 Å². The van der Waals surface area contributed by atoms with E-state index < -0.39 is 11.8 Å². The maximum Gasteiger partial charge on any atom is 0.324 e. The average Bonchev–Trinajstić information content (AvgIpc) is 3.26. The Balaban J connectivity index is 1.41. The SMILES string of the molecule is COC(=O)Cc1ccc(OCCC(C)C2CCN(c3nc(C(C)C)no3)CC2)cc1F. The second kappa shape index (κ2) is 10.6. The Morgan fingerprint density at radius 3 is 2.65 bits per heavy atom. The van der Waals surface area contributed by atoms with Crippen LogP contribution in [-0.2, 0) is 16.0 Å². The van der Waals surface area contributed by atoms with Crippen LogP contribution in [0.4, 0.5) is 10.4 Å². The van der Waals surface area contributed by atoms with Gasteiger partial charge >= 0.3 is 12.0 Å². The van der Waals surface area contributed by atoms with E-state index in [1.807, 2.05) is 0 Å². The first kappa shape index (κ1) is 23.0. The van der Waals surface area contributed by atoms with E-state index in [0.717, 1.165) is 38.2 Å². The number of halogens is 1. The minimum atomic E-state index is -0.466. The summed E-state index contributed by atoms with van der Waals surface area (Å²) in [5, 5.41) is 4.05. The Labute approximate surface area is 182 Å². The highest BCUT2D eigenvalue weighted by Crippen LogP contribution is 2.30. The quantitative estimate of drug-likeness (QED) is 0.544. The maximum absolute atomic E-state index is 14.1. The molecule has 1 aliphatic heterocycles. The van der Waals surface area contributed by atoms with Crippen molar-refractivity contribution in [2.24, 2.45) is 11.8 Å². The maximum atomic E-state index is 14.1. The largest absolute Gasteiger partial charge is 0.493 e. The van der Waals surface area contributed by atoms with Gasteiger partial charge in [0.2, 0.25) is 0 Å². The van der Waals surface area contributed by atoms with Crippen molar-refractivity contribution in [1.82, 2.24) is 10.1 Å². The zero-order valence-corrected chi connectivity index (χ0v) is 18.8. The average molecular weight is 434 g/mol. The Morgan fingerprint density at radius 1 is 1.29 bits per heavy atom. The van der Waals surface area contributed by atoms with E-state index in [1.165, 1.54) is 13.2 Å². The van der Waals surface area contributed by atoms with Gasteiger partial charge in [-0.3, -0.25) is 4.79 Å². The number of esters is 1. The number of carbonyl (C=O) groups excluding carboxylic acids is 1. The van der Waals surface area contributed by atoms with Gasteiger partial charge in [-0.2, -0.15) is 4.98 Å². The van der Waals surface area contributed by atoms with Crippen LogP contribution in [0.15, 0.2) is 22.7 Å². The number of hydrogen-bond donors (Lipinski definition) is 0. The number of anilines is 1. The fourth-order valence-electron chi connectivity index (χ4n) is 3.84. The predicted molar refractivity (Wildman–Crippen MR) is 115 cm³/mol. The summed E-state index contributed by atoms with van der Waals surface area (Å²) in [5.41, 5.74) is 0.307. The molecule has 2 aromatic rings. The van der Waals surface area contributed by atoms with Gasteiger partial charge in [0.15, 0.2) is 5.82 Å². The first-order valence-corrected chi connectivity index (χ1v) is 10.9. The van der Waals surface area contributed by atoms with Crippen molar-refractivity contribution < 1.29 is 23.2 Å². The summed E-state index contributed by atoms with van der Waals surface area (Å²) in [7, 11) is 1.29. The molecule has 0 N–H and O–H groups in total. The van der Waals surface area contributed by atoms with Gasteiger partial charge in [0.1, 0.15) is 11.6 Å². The molecule has 1 unspecified atom stereocenters. The first-order valence-electron chi connectivity index (χ1n) is 10.9. The smallest absolute Gasteiger partial charge is 0.324 e. The molecule has 3 rings (SSSR count). The molecule has 31 heavy (non-hydrogen) atoms. The molecule has 1 aliphatic rings. The van der Waals surface area contributed by atoms with Gasteiger partial charge in [-0.1, -0.05) is 32.0 Å². The molecule has 0 amide bonds. The molecule has 0 spiro atoms. The van der Waals surface area contributed by atoms with Gasteiger partial charge < -0.3 is 18.9 Å². The minimum Gasteiger partial charge on any atom is -0.493 e. The van der Waals surface area contributed by atoms with Gasteiger partial charge in [0, 0.05) is 25.1 Å². The Hall–Kier alpha value is -2.64. The summed E-state index contributed by atoms with van der Waals surface area (Å²) < 4.78 is 29.9. The number of piperidine rings is 1. The van der Waals surface area contributed by atoms with E-state index in [1.54, 1.807) is 12.1 Å². The van der Waals surface area contributed by atoms with Crippen LogP contribution in [0.25, 0.3) is 0 Å². The van der Waals surface area contributed by atoms with Gasteiger partial charge in [-0.05, 0) is 42.7 Å². The fraction of sp³-hybridized carbons (Fsp3) is 0.609. The number of aromatic nitrogens is 2. The zero-order chi connectivity index (χ0) is 22.4. The van der Waals surface area contributed by atoms with E-state index in [4.69, 9.17) is 9.26 Å². The van der Waals surface area contributed by atoms with Gasteiger partial charge in [-0.25, -0.2) is 4.39 Å². The second-order valence-corrected chi connectivity index (χ2v) is 8.53. The van der Waals surface area contributed by atoms with Crippen LogP contribution in [0.2, 0.25) is 0 Å². The first-order chi connectivity index (χ1) is 14.9. The summed E-state index contributed by atoms with van der Waals surface area (Å²) in [6.45, 7) is 8.68. The molecule has 7 nitrogen and oxygen atoms in total. The topological polar surface area (TPSA) is 77.7 Å². The molecule has 170 valence electrons. The van der Waals surface area contributed by atoms with Crippen LogP contribution in [0.1, 0.15) is 57.3 Å². The third-order valence-corrected chi connectivity index (χ3v) is 5.99. The van der Waals surface area contributed by atoms with E-state index in [2.05, 4.69) is 40.5 Å². The highest BCUT2D eigenvalue weighted by molar-refractivity contribution is 5.72. The third-order valence-electron chi connectivity index (χ3n) is 5.99. The van der Waals surface area contributed by atoms with Gasteiger partial charge in [0.05, 0.1) is 20.1 Å². The van der Waals surface area contributed by atoms with Crippen LogP contribution in [0.3, 0.4) is 0 Å². The number of hydrogen-bond acceptors (Lipinski definition) is 7. The molecule has 1 saturated heterocycles. The van der Waals surface area contributed by atoms with Crippen molar-refractivity contribution in [2.45, 2.75) is 52.4 Å². The molecule has 0 radical (unpaired) electrons. The van der Waals surface area contributed by atoms with Crippen molar-refractivity contribution >= 4 is 12.0 Å². The summed E-state index contributed by atoms with van der Waals surface area (Å²) in [5.74, 6) is 1.67. The van der Waals surface area contributed by atoms with Crippen LogP contribution in [0.5, 0.6) is 5.75 Å². The predicted octanol–water partition coefficient (Wildman–Crippen LogP) is 4.37. The normalized spacial score (nSPS) is 15.9. The Bertz CT molecular complexity index is 862. The van der Waals surface area contributed by atoms with E-state index in [-0.39, 0.29) is 12.3 Å². The standard InChI is InChI=1S/C23H32FN3O4/c1-15(2)22-25-23(31-26-22)27-10-7-17(8-11-27)16(3)9-12-30-19-6-5-18(20(24)14-19)13-21(28)29-4/h5-6,14-17H,7-13H2,1-4H3. The molecular weight excluding hydrogens is 401 g/mol. The second-order valence-electron chi connectivity index (χ2n) is 8.53.